The molecule has 0 N–H and O–H groups in total. The summed E-state index contributed by atoms with van der Waals surface area (Å²) in [5.74, 6) is 0.252. The Hall–Kier alpha value is -2.39. The molecule has 0 amide bonds. The fourth-order valence-electron chi connectivity index (χ4n) is 2.97. The smallest absolute Gasteiger partial charge is 0.550 e. The summed E-state index contributed by atoms with van der Waals surface area (Å²) in [6, 6.07) is 10.8. The Morgan fingerprint density at radius 2 is 2.03 bits per heavy atom. The topological polar surface area (TPSA) is 106 Å². The molecule has 0 aliphatic carbocycles. The van der Waals surface area contributed by atoms with Crippen LogP contribution < -0.4 is 39.4 Å². The average molecular weight is 435 g/mol. The normalized spacial score (nSPS) is 10.7. The van der Waals surface area contributed by atoms with Gasteiger partial charge in [-0.25, -0.2) is 0 Å². The van der Waals surface area contributed by atoms with Crippen LogP contribution in [0.25, 0.3) is 33.7 Å². The maximum atomic E-state index is 10.7. The van der Waals surface area contributed by atoms with Gasteiger partial charge in [0.2, 0.25) is 5.82 Å². The summed E-state index contributed by atoms with van der Waals surface area (Å²) >= 11 is 6.23. The van der Waals surface area contributed by atoms with Crippen LogP contribution in [0.3, 0.4) is 0 Å². The predicted molar refractivity (Wildman–Crippen MR) is 104 cm³/mol. The van der Waals surface area contributed by atoms with Gasteiger partial charge in [0.15, 0.2) is 0 Å². The minimum Gasteiger partial charge on any atom is -0.550 e. The summed E-state index contributed by atoms with van der Waals surface area (Å²) in [6.45, 7) is 2.66. The molecule has 0 atom stereocenters. The first kappa shape index (κ1) is 22.3. The van der Waals surface area contributed by atoms with Gasteiger partial charge in [0.1, 0.15) is 5.75 Å². The molecule has 0 bridgehead atoms. The van der Waals surface area contributed by atoms with Crippen LogP contribution in [0.4, 0.5) is 0 Å². The van der Waals surface area contributed by atoms with E-state index in [1.54, 1.807) is 29.1 Å². The number of fused-ring (bicyclic) bond motifs is 1. The molecule has 0 radical (unpaired) electrons. The van der Waals surface area contributed by atoms with Crippen LogP contribution in [0.5, 0.6) is 5.75 Å². The number of carbonyl (C=O) groups is 1. The van der Waals surface area contributed by atoms with Gasteiger partial charge < -0.3 is 19.2 Å². The maximum Gasteiger partial charge on any atom is 1.00 e. The van der Waals surface area contributed by atoms with Crippen LogP contribution in [-0.2, 0) is 11.3 Å². The molecule has 0 unspecified atom stereocenters. The monoisotopic (exact) mass is 434 g/mol. The molecule has 2 heterocycles. The molecule has 10 heteroatoms. The van der Waals surface area contributed by atoms with Crippen molar-refractivity contribution in [3.05, 3.63) is 47.6 Å². The average Bonchev–Trinajstić information content (AvgIpc) is 3.35. The number of carboxylic acids is 1. The van der Waals surface area contributed by atoms with Crippen molar-refractivity contribution >= 4 is 28.5 Å². The summed E-state index contributed by atoms with van der Waals surface area (Å²) in [4.78, 5) is 15.1. The third-order valence-corrected chi connectivity index (χ3v) is 4.63. The van der Waals surface area contributed by atoms with Crippen LogP contribution in [0.15, 0.2) is 47.1 Å². The van der Waals surface area contributed by atoms with Gasteiger partial charge in [0, 0.05) is 35.4 Å². The Morgan fingerprint density at radius 3 is 2.77 bits per heavy atom. The molecule has 2 aromatic heterocycles. The van der Waals surface area contributed by atoms with Crippen molar-refractivity contribution < 1.29 is 48.7 Å². The van der Waals surface area contributed by atoms with Crippen molar-refractivity contribution in [2.24, 2.45) is 0 Å². The van der Waals surface area contributed by atoms with Crippen molar-refractivity contribution in [1.82, 2.24) is 19.9 Å². The third-order valence-electron chi connectivity index (χ3n) is 4.33. The zero-order valence-corrected chi connectivity index (χ0v) is 19.2. The molecular weight excluding hydrogens is 419 g/mol. The van der Waals surface area contributed by atoms with Crippen molar-refractivity contribution in [1.29, 1.82) is 0 Å². The first-order valence-corrected chi connectivity index (χ1v) is 9.35. The van der Waals surface area contributed by atoms with E-state index in [0.29, 0.717) is 34.7 Å². The van der Waals surface area contributed by atoms with Crippen LogP contribution in [0.1, 0.15) is 13.3 Å². The third kappa shape index (κ3) is 4.67. The number of rotatable bonds is 7. The molecule has 2 aromatic carbocycles. The molecule has 30 heavy (non-hydrogen) atoms. The van der Waals surface area contributed by atoms with Crippen LogP contribution in [0, 0.1) is 0 Å². The number of ether oxygens (including phenoxy) is 1. The summed E-state index contributed by atoms with van der Waals surface area (Å²) in [6.07, 6.45) is 1.57. The standard InChI is InChI=1S/C20H17ClN4O4.Na/c1-2-28-17-6-4-13(10-15(17)21)20-23-19(24-29-20)12-3-5-16-14(9-12)11-22-25(16)8-7-18(26)27;/h3-6,9-11H,2,7-8H2,1H3,(H,26,27);/q;+1/p-1. The first-order valence-electron chi connectivity index (χ1n) is 8.97. The molecule has 0 spiro atoms. The number of nitrogens with zero attached hydrogens (tertiary/aromatic N) is 4. The second-order valence-corrected chi connectivity index (χ2v) is 6.67. The maximum absolute atomic E-state index is 10.7. The quantitative estimate of drug-likeness (QED) is 0.375. The molecule has 0 aliphatic rings. The van der Waals surface area contributed by atoms with Gasteiger partial charge in [0.05, 0.1) is 23.3 Å². The number of hydrogen-bond acceptors (Lipinski definition) is 7. The zero-order chi connectivity index (χ0) is 20.4. The van der Waals surface area contributed by atoms with E-state index in [2.05, 4.69) is 15.2 Å². The van der Waals surface area contributed by atoms with E-state index >= 15 is 0 Å². The fraction of sp³-hybridized carbons (Fsp3) is 0.200. The van der Waals surface area contributed by atoms with Crippen molar-refractivity contribution in [2.75, 3.05) is 6.61 Å². The molecule has 4 aromatic rings. The van der Waals surface area contributed by atoms with E-state index in [9.17, 15) is 9.90 Å². The zero-order valence-electron chi connectivity index (χ0n) is 16.5. The van der Waals surface area contributed by atoms with Crippen LogP contribution in [0.2, 0.25) is 5.02 Å². The summed E-state index contributed by atoms with van der Waals surface area (Å²) in [5, 5.41) is 20.3. The van der Waals surface area contributed by atoms with E-state index < -0.39 is 5.97 Å². The predicted octanol–water partition coefficient (Wildman–Crippen LogP) is -0.0506. The Labute approximate surface area is 199 Å². The second kappa shape index (κ2) is 9.61. The van der Waals surface area contributed by atoms with Gasteiger partial charge >= 0.3 is 29.6 Å². The van der Waals surface area contributed by atoms with Gasteiger partial charge in [-0.05, 0) is 43.3 Å². The largest absolute Gasteiger partial charge is 1.00 e. The molecular formula is C20H16ClN4NaO4. The second-order valence-electron chi connectivity index (χ2n) is 6.26. The number of carbonyl (C=O) groups excluding carboxylic acids is 1. The summed E-state index contributed by atoms with van der Waals surface area (Å²) in [5.41, 5.74) is 2.26. The molecule has 4 rings (SSSR count). The number of carboxylic acid groups (broad SMARTS) is 1. The fourth-order valence-corrected chi connectivity index (χ4v) is 3.20. The van der Waals surface area contributed by atoms with E-state index in [1.807, 2.05) is 25.1 Å². The van der Waals surface area contributed by atoms with Crippen molar-refractivity contribution in [2.45, 2.75) is 19.9 Å². The number of benzene rings is 2. The number of aromatic nitrogens is 4. The minimum atomic E-state index is -1.11. The van der Waals surface area contributed by atoms with Gasteiger partial charge in [-0.3, -0.25) is 4.68 Å². The number of aryl methyl sites for hydroxylation is 1. The molecule has 0 aliphatic heterocycles. The van der Waals surface area contributed by atoms with Crippen LogP contribution in [-0.4, -0.2) is 32.5 Å². The van der Waals surface area contributed by atoms with Gasteiger partial charge in [-0.2, -0.15) is 10.1 Å². The Bertz CT molecular complexity index is 1190. The Kier molecular flexibility index (Phi) is 7.14. The van der Waals surface area contributed by atoms with E-state index in [0.717, 1.165) is 16.5 Å². The molecule has 0 saturated carbocycles. The van der Waals surface area contributed by atoms with E-state index in [1.165, 1.54) is 0 Å². The number of halogens is 1. The van der Waals surface area contributed by atoms with E-state index in [4.69, 9.17) is 20.9 Å². The number of aliphatic carboxylic acids is 1. The van der Waals surface area contributed by atoms with Crippen molar-refractivity contribution in [3.63, 3.8) is 0 Å². The number of hydrogen-bond donors (Lipinski definition) is 0. The van der Waals surface area contributed by atoms with E-state index in [-0.39, 0.29) is 42.5 Å². The van der Waals surface area contributed by atoms with Gasteiger partial charge in [0.25, 0.3) is 5.89 Å². The molecule has 0 saturated heterocycles. The summed E-state index contributed by atoms with van der Waals surface area (Å²) in [7, 11) is 0. The van der Waals surface area contributed by atoms with Crippen LogP contribution >= 0.6 is 11.6 Å². The minimum absolute atomic E-state index is 0. The Morgan fingerprint density at radius 1 is 1.23 bits per heavy atom. The van der Waals surface area contributed by atoms with Gasteiger partial charge in [-0.1, -0.05) is 16.8 Å². The van der Waals surface area contributed by atoms with Gasteiger partial charge in [-0.15, -0.1) is 0 Å². The molecule has 8 nitrogen and oxygen atoms in total. The molecule has 148 valence electrons. The molecule has 0 fully saturated rings. The SMILES string of the molecule is CCOc1ccc(-c2nc(-c3ccc4c(cnn4CCC(=O)[O-])c3)no2)cc1Cl.[Na+]. The Balaban J connectivity index is 0.00000256. The summed E-state index contributed by atoms with van der Waals surface area (Å²) < 4.78 is 12.4. The first-order chi connectivity index (χ1) is 14.0. The van der Waals surface area contributed by atoms with Crippen molar-refractivity contribution in [3.8, 4) is 28.6 Å².